The van der Waals surface area contributed by atoms with E-state index in [-0.39, 0.29) is 0 Å². The van der Waals surface area contributed by atoms with Crippen molar-refractivity contribution in [3.8, 4) is 11.3 Å². The lowest BCUT2D eigenvalue weighted by molar-refractivity contribution is 0.173. The van der Waals surface area contributed by atoms with Gasteiger partial charge < -0.3 is 14.8 Å². The van der Waals surface area contributed by atoms with Crippen LogP contribution in [0.15, 0.2) is 65.1 Å². The van der Waals surface area contributed by atoms with Gasteiger partial charge in [0.05, 0.1) is 12.6 Å². The van der Waals surface area contributed by atoms with Crippen LogP contribution in [0, 0.1) is 6.92 Å². The van der Waals surface area contributed by atoms with E-state index in [9.17, 15) is 5.11 Å². The van der Waals surface area contributed by atoms with Gasteiger partial charge in [-0.3, -0.25) is 0 Å². The molecular formula is C20H20ClNO2. The zero-order chi connectivity index (χ0) is 16.9. The number of benzene rings is 2. The summed E-state index contributed by atoms with van der Waals surface area (Å²) in [5.74, 6) is 1.63. The van der Waals surface area contributed by atoms with Crippen molar-refractivity contribution in [1.29, 1.82) is 0 Å². The summed E-state index contributed by atoms with van der Waals surface area (Å²) in [4.78, 5) is 0. The molecule has 3 nitrogen and oxygen atoms in total. The van der Waals surface area contributed by atoms with Crippen molar-refractivity contribution in [2.24, 2.45) is 0 Å². The van der Waals surface area contributed by atoms with E-state index >= 15 is 0 Å². The summed E-state index contributed by atoms with van der Waals surface area (Å²) in [5.41, 5.74) is 2.91. The molecule has 0 saturated heterocycles. The van der Waals surface area contributed by atoms with E-state index in [1.54, 1.807) is 0 Å². The van der Waals surface area contributed by atoms with Crippen LogP contribution in [0.2, 0.25) is 5.02 Å². The van der Waals surface area contributed by atoms with Crippen LogP contribution < -0.4 is 5.32 Å². The second-order valence-electron chi connectivity index (χ2n) is 5.74. The topological polar surface area (TPSA) is 45.4 Å². The van der Waals surface area contributed by atoms with Crippen LogP contribution in [0.3, 0.4) is 0 Å². The molecule has 0 radical (unpaired) electrons. The molecule has 3 rings (SSSR count). The molecule has 0 fully saturated rings. The quantitative estimate of drug-likeness (QED) is 0.681. The number of halogens is 1. The molecule has 2 aromatic carbocycles. The lowest BCUT2D eigenvalue weighted by Gasteiger charge is -2.11. The summed E-state index contributed by atoms with van der Waals surface area (Å²) in [6, 6.07) is 19.3. The lowest BCUT2D eigenvalue weighted by Crippen LogP contribution is -2.20. The molecule has 0 spiro atoms. The molecule has 1 heterocycles. The fourth-order valence-corrected chi connectivity index (χ4v) is 2.79. The molecule has 3 aromatic rings. The molecule has 0 aliphatic rings. The predicted molar refractivity (Wildman–Crippen MR) is 97.0 cm³/mol. The molecule has 4 heteroatoms. The number of furan rings is 1. The lowest BCUT2D eigenvalue weighted by atomic mass is 10.1. The first-order valence-corrected chi connectivity index (χ1v) is 8.31. The highest BCUT2D eigenvalue weighted by Crippen LogP contribution is 2.29. The maximum absolute atomic E-state index is 10.1. The van der Waals surface area contributed by atoms with Crippen molar-refractivity contribution in [2.45, 2.75) is 19.6 Å². The predicted octanol–water partition coefficient (Wildman–Crippen LogP) is 4.73. The Kier molecular flexibility index (Phi) is 5.36. The summed E-state index contributed by atoms with van der Waals surface area (Å²) in [6.07, 6.45) is -0.532. The molecule has 1 atom stereocenters. The van der Waals surface area contributed by atoms with Crippen LogP contribution in [0.5, 0.6) is 0 Å². The van der Waals surface area contributed by atoms with Crippen molar-refractivity contribution < 1.29 is 9.52 Å². The van der Waals surface area contributed by atoms with Gasteiger partial charge in [-0.05, 0) is 36.2 Å². The normalized spacial score (nSPS) is 12.3. The first kappa shape index (κ1) is 16.8. The van der Waals surface area contributed by atoms with Gasteiger partial charge in [0.15, 0.2) is 0 Å². The minimum absolute atomic E-state index is 0.468. The molecule has 0 aliphatic heterocycles. The average Bonchev–Trinajstić information content (AvgIpc) is 3.06. The Labute approximate surface area is 146 Å². The van der Waals surface area contributed by atoms with Crippen molar-refractivity contribution in [3.05, 3.63) is 82.6 Å². The van der Waals surface area contributed by atoms with E-state index < -0.39 is 6.10 Å². The third kappa shape index (κ3) is 3.88. The molecule has 0 amide bonds. The van der Waals surface area contributed by atoms with Gasteiger partial charge in [-0.1, -0.05) is 54.1 Å². The molecule has 0 saturated carbocycles. The average molecular weight is 342 g/mol. The largest absolute Gasteiger partial charge is 0.460 e. The molecule has 0 bridgehead atoms. The Hall–Kier alpha value is -2.07. The molecule has 1 unspecified atom stereocenters. The van der Waals surface area contributed by atoms with Crippen LogP contribution in [-0.2, 0) is 6.54 Å². The number of hydrogen-bond donors (Lipinski definition) is 2. The maximum atomic E-state index is 10.1. The van der Waals surface area contributed by atoms with Crippen molar-refractivity contribution in [1.82, 2.24) is 5.32 Å². The molecule has 1 aromatic heterocycles. The van der Waals surface area contributed by atoms with Crippen LogP contribution in [-0.4, -0.2) is 11.7 Å². The number of nitrogens with one attached hydrogen (secondary N) is 1. The third-order valence-electron chi connectivity index (χ3n) is 4.02. The summed E-state index contributed by atoms with van der Waals surface area (Å²) in [5, 5.41) is 14.1. The zero-order valence-electron chi connectivity index (χ0n) is 13.5. The van der Waals surface area contributed by atoms with Crippen molar-refractivity contribution in [3.63, 3.8) is 0 Å². The second-order valence-corrected chi connectivity index (χ2v) is 6.14. The summed E-state index contributed by atoms with van der Waals surface area (Å²) < 4.78 is 5.89. The Morgan fingerprint density at radius 3 is 2.62 bits per heavy atom. The number of rotatable bonds is 6. The van der Waals surface area contributed by atoms with Crippen molar-refractivity contribution >= 4 is 11.6 Å². The fourth-order valence-electron chi connectivity index (χ4n) is 2.62. The molecule has 2 N–H and O–H groups in total. The number of hydrogen-bond acceptors (Lipinski definition) is 3. The molecular weight excluding hydrogens is 322 g/mol. The van der Waals surface area contributed by atoms with Gasteiger partial charge >= 0.3 is 0 Å². The van der Waals surface area contributed by atoms with Gasteiger partial charge in [-0.2, -0.15) is 0 Å². The monoisotopic (exact) mass is 341 g/mol. The number of aliphatic hydroxyl groups is 1. The Balaban J connectivity index is 1.60. The van der Waals surface area contributed by atoms with Crippen LogP contribution in [0.4, 0.5) is 0 Å². The van der Waals surface area contributed by atoms with Gasteiger partial charge in [-0.25, -0.2) is 0 Å². The van der Waals surface area contributed by atoms with E-state index in [1.165, 1.54) is 0 Å². The first-order chi connectivity index (χ1) is 11.6. The van der Waals surface area contributed by atoms with Crippen LogP contribution in [0.25, 0.3) is 11.3 Å². The summed E-state index contributed by atoms with van der Waals surface area (Å²) >= 11 is 6.17. The molecule has 24 heavy (non-hydrogen) atoms. The smallest absolute Gasteiger partial charge is 0.134 e. The highest BCUT2D eigenvalue weighted by atomic mass is 35.5. The minimum atomic E-state index is -0.532. The zero-order valence-corrected chi connectivity index (χ0v) is 14.3. The summed E-state index contributed by atoms with van der Waals surface area (Å²) in [6.45, 7) is 3.01. The highest BCUT2D eigenvalue weighted by molar-refractivity contribution is 6.31. The first-order valence-electron chi connectivity index (χ1n) is 7.93. The van der Waals surface area contributed by atoms with E-state index in [0.717, 1.165) is 33.2 Å². The van der Waals surface area contributed by atoms with Crippen molar-refractivity contribution in [2.75, 3.05) is 6.54 Å². The molecule has 0 aliphatic carbocycles. The van der Waals surface area contributed by atoms with E-state index in [1.807, 2.05) is 67.6 Å². The molecule has 124 valence electrons. The van der Waals surface area contributed by atoms with Gasteiger partial charge in [0.1, 0.15) is 11.5 Å². The van der Waals surface area contributed by atoms with E-state index in [4.69, 9.17) is 16.0 Å². The fraction of sp³-hybridized carbons (Fsp3) is 0.200. The Morgan fingerprint density at radius 1 is 1.04 bits per heavy atom. The van der Waals surface area contributed by atoms with Crippen LogP contribution in [0.1, 0.15) is 23.0 Å². The SMILES string of the molecule is Cc1c(Cl)cccc1-c1ccc(CNCC(O)c2ccccc2)o1. The maximum Gasteiger partial charge on any atom is 0.134 e. The second kappa shape index (κ2) is 7.67. The Bertz CT molecular complexity index is 798. The number of aliphatic hydroxyl groups excluding tert-OH is 1. The van der Waals surface area contributed by atoms with Gasteiger partial charge in [0.25, 0.3) is 0 Å². The van der Waals surface area contributed by atoms with E-state index in [0.29, 0.717) is 13.1 Å². The van der Waals surface area contributed by atoms with Gasteiger partial charge in [0, 0.05) is 17.1 Å². The summed E-state index contributed by atoms with van der Waals surface area (Å²) in [7, 11) is 0. The van der Waals surface area contributed by atoms with Gasteiger partial charge in [-0.15, -0.1) is 0 Å². The van der Waals surface area contributed by atoms with Gasteiger partial charge in [0.2, 0.25) is 0 Å². The standard InChI is InChI=1S/C20H20ClNO2/c1-14-17(8-5-9-18(14)21)20-11-10-16(24-20)12-22-13-19(23)15-6-3-2-4-7-15/h2-11,19,22-23H,12-13H2,1H3. The Morgan fingerprint density at radius 2 is 1.83 bits per heavy atom. The minimum Gasteiger partial charge on any atom is -0.460 e. The third-order valence-corrected chi connectivity index (χ3v) is 4.43. The van der Waals surface area contributed by atoms with Crippen LogP contribution >= 0.6 is 11.6 Å². The highest BCUT2D eigenvalue weighted by Gasteiger charge is 2.10. The van der Waals surface area contributed by atoms with E-state index in [2.05, 4.69) is 5.32 Å².